The smallest absolute Gasteiger partial charge is 0.197 e. The summed E-state index contributed by atoms with van der Waals surface area (Å²) in [7, 11) is 0. The van der Waals surface area contributed by atoms with Crippen LogP contribution < -0.4 is 0 Å². The fourth-order valence-corrected chi connectivity index (χ4v) is 0.641. The Kier molecular flexibility index (Phi) is 2.49. The van der Waals surface area contributed by atoms with Crippen molar-refractivity contribution in [2.45, 2.75) is 32.7 Å². The molecule has 1 heterocycles. The Morgan fingerprint density at radius 3 is 2.36 bits per heavy atom. The fourth-order valence-electron chi connectivity index (χ4n) is 0.641. The van der Waals surface area contributed by atoms with Crippen molar-refractivity contribution in [1.29, 1.82) is 0 Å². The Morgan fingerprint density at radius 2 is 2.00 bits per heavy atom. The summed E-state index contributed by atoms with van der Waals surface area (Å²) in [5.41, 5.74) is -0.0229. The van der Waals surface area contributed by atoms with Gasteiger partial charge in [-0.3, -0.25) is 4.99 Å². The van der Waals surface area contributed by atoms with E-state index in [0.717, 1.165) is 13.1 Å². The summed E-state index contributed by atoms with van der Waals surface area (Å²) in [6.07, 6.45) is 2.78. The van der Waals surface area contributed by atoms with Crippen LogP contribution in [0.25, 0.3) is 0 Å². The van der Waals surface area contributed by atoms with Crippen molar-refractivity contribution >= 4 is 6.40 Å². The Bertz CT molecular complexity index is 145. The average molecular weight is 156 g/mol. The van der Waals surface area contributed by atoms with E-state index in [2.05, 4.69) is 4.99 Å². The van der Waals surface area contributed by atoms with Crippen LogP contribution in [-0.2, 0) is 4.84 Å². The Labute approximate surface area is 68.0 Å². The van der Waals surface area contributed by atoms with Gasteiger partial charge in [0.1, 0.15) is 0 Å². The standard InChI is InChI=1S/C8H16N2O/c1-8(2,3)9-7-11-10-5-4-6-10/h7H,4-6H2,1-3H3. The minimum absolute atomic E-state index is 0.0229. The molecule has 0 aliphatic carbocycles. The van der Waals surface area contributed by atoms with Crippen molar-refractivity contribution in [2.75, 3.05) is 13.1 Å². The van der Waals surface area contributed by atoms with E-state index in [1.54, 1.807) is 6.40 Å². The number of hydrogen-bond acceptors (Lipinski definition) is 3. The number of hydroxylamine groups is 2. The second-order valence-electron chi connectivity index (χ2n) is 3.79. The van der Waals surface area contributed by atoms with Crippen molar-refractivity contribution < 1.29 is 4.84 Å². The lowest BCUT2D eigenvalue weighted by Crippen LogP contribution is -2.36. The molecule has 0 N–H and O–H groups in total. The molecule has 1 aliphatic heterocycles. The van der Waals surface area contributed by atoms with Gasteiger partial charge in [0.15, 0.2) is 6.40 Å². The maximum Gasteiger partial charge on any atom is 0.197 e. The predicted molar refractivity (Wildman–Crippen MR) is 45.5 cm³/mol. The first-order valence-electron chi connectivity index (χ1n) is 4.03. The third kappa shape index (κ3) is 3.37. The molecule has 0 bridgehead atoms. The monoisotopic (exact) mass is 156 g/mol. The van der Waals surface area contributed by atoms with Gasteiger partial charge >= 0.3 is 0 Å². The lowest BCUT2D eigenvalue weighted by Gasteiger charge is -2.27. The zero-order valence-corrected chi connectivity index (χ0v) is 7.50. The van der Waals surface area contributed by atoms with E-state index in [0.29, 0.717) is 0 Å². The van der Waals surface area contributed by atoms with Gasteiger partial charge in [0.2, 0.25) is 0 Å². The SMILES string of the molecule is CC(C)(C)N=CON1CCC1. The molecule has 1 aliphatic rings. The zero-order valence-electron chi connectivity index (χ0n) is 7.50. The second kappa shape index (κ2) is 3.22. The van der Waals surface area contributed by atoms with Crippen LogP contribution in [0.15, 0.2) is 4.99 Å². The van der Waals surface area contributed by atoms with Crippen LogP contribution in [0.3, 0.4) is 0 Å². The summed E-state index contributed by atoms with van der Waals surface area (Å²) in [5.74, 6) is 0. The highest BCUT2D eigenvalue weighted by atomic mass is 16.7. The third-order valence-corrected chi connectivity index (χ3v) is 1.45. The highest BCUT2D eigenvalue weighted by Crippen LogP contribution is 2.07. The van der Waals surface area contributed by atoms with Gasteiger partial charge in [-0.1, -0.05) is 0 Å². The maximum absolute atomic E-state index is 5.20. The van der Waals surface area contributed by atoms with Crippen LogP contribution in [0.1, 0.15) is 27.2 Å². The molecule has 0 spiro atoms. The fraction of sp³-hybridized carbons (Fsp3) is 0.875. The molecule has 11 heavy (non-hydrogen) atoms. The number of nitrogens with zero attached hydrogens (tertiary/aromatic N) is 2. The van der Waals surface area contributed by atoms with Gasteiger partial charge in [-0.15, -0.1) is 5.06 Å². The van der Waals surface area contributed by atoms with Crippen LogP contribution in [0, 0.1) is 0 Å². The Hall–Kier alpha value is -0.570. The topological polar surface area (TPSA) is 24.8 Å². The number of hydrogen-bond donors (Lipinski definition) is 0. The van der Waals surface area contributed by atoms with Crippen LogP contribution >= 0.6 is 0 Å². The lowest BCUT2D eigenvalue weighted by atomic mass is 10.1. The van der Waals surface area contributed by atoms with Crippen molar-refractivity contribution in [3.63, 3.8) is 0 Å². The summed E-state index contributed by atoms with van der Waals surface area (Å²) in [5, 5.41) is 1.90. The lowest BCUT2D eigenvalue weighted by molar-refractivity contribution is -0.115. The van der Waals surface area contributed by atoms with Gasteiger partial charge in [0, 0.05) is 13.1 Å². The molecule has 0 aromatic carbocycles. The minimum Gasteiger partial charge on any atom is -0.394 e. The largest absolute Gasteiger partial charge is 0.394 e. The number of rotatable bonds is 2. The molecule has 0 radical (unpaired) electrons. The van der Waals surface area contributed by atoms with E-state index in [9.17, 15) is 0 Å². The van der Waals surface area contributed by atoms with Crippen LogP contribution in [0.2, 0.25) is 0 Å². The molecule has 0 aromatic heterocycles. The highest BCUT2D eigenvalue weighted by Gasteiger charge is 2.13. The summed E-state index contributed by atoms with van der Waals surface area (Å²) in [6, 6.07) is 0. The van der Waals surface area contributed by atoms with E-state index in [1.807, 2.05) is 25.8 Å². The molecular weight excluding hydrogens is 140 g/mol. The van der Waals surface area contributed by atoms with E-state index in [-0.39, 0.29) is 5.54 Å². The summed E-state index contributed by atoms with van der Waals surface area (Å²) in [6.45, 7) is 8.21. The highest BCUT2D eigenvalue weighted by molar-refractivity contribution is 5.46. The molecule has 0 saturated carbocycles. The first-order chi connectivity index (χ1) is 5.08. The first kappa shape index (κ1) is 8.53. The van der Waals surface area contributed by atoms with Crippen molar-refractivity contribution in [3.8, 4) is 0 Å². The molecule has 0 amide bonds. The van der Waals surface area contributed by atoms with Gasteiger partial charge < -0.3 is 4.84 Å². The molecule has 3 heteroatoms. The van der Waals surface area contributed by atoms with E-state index >= 15 is 0 Å². The normalized spacial score (nSPS) is 20.3. The molecule has 1 rings (SSSR count). The third-order valence-electron chi connectivity index (χ3n) is 1.45. The van der Waals surface area contributed by atoms with Gasteiger partial charge in [0.25, 0.3) is 0 Å². The Morgan fingerprint density at radius 1 is 1.36 bits per heavy atom. The average Bonchev–Trinajstić information content (AvgIpc) is 1.73. The minimum atomic E-state index is -0.0229. The van der Waals surface area contributed by atoms with Gasteiger partial charge in [-0.2, -0.15) is 0 Å². The molecule has 1 fully saturated rings. The molecule has 3 nitrogen and oxygen atoms in total. The zero-order chi connectivity index (χ0) is 8.32. The molecule has 64 valence electrons. The molecular formula is C8H16N2O. The predicted octanol–water partition coefficient (Wildman–Crippen LogP) is 1.45. The summed E-state index contributed by atoms with van der Waals surface area (Å²) in [4.78, 5) is 9.39. The van der Waals surface area contributed by atoms with Crippen molar-refractivity contribution in [1.82, 2.24) is 5.06 Å². The van der Waals surface area contributed by atoms with Crippen molar-refractivity contribution in [3.05, 3.63) is 0 Å². The second-order valence-corrected chi connectivity index (χ2v) is 3.79. The first-order valence-corrected chi connectivity index (χ1v) is 4.03. The van der Waals surface area contributed by atoms with Gasteiger partial charge in [0.05, 0.1) is 5.54 Å². The van der Waals surface area contributed by atoms with Gasteiger partial charge in [-0.05, 0) is 27.2 Å². The van der Waals surface area contributed by atoms with E-state index < -0.39 is 0 Å². The Balaban J connectivity index is 2.14. The molecule has 0 atom stereocenters. The van der Waals surface area contributed by atoms with Crippen LogP contribution in [-0.4, -0.2) is 30.1 Å². The van der Waals surface area contributed by atoms with E-state index in [1.165, 1.54) is 6.42 Å². The molecule has 0 unspecified atom stereocenters. The van der Waals surface area contributed by atoms with E-state index in [4.69, 9.17) is 4.84 Å². The van der Waals surface area contributed by atoms with Crippen LogP contribution in [0.4, 0.5) is 0 Å². The summed E-state index contributed by atoms with van der Waals surface area (Å²) >= 11 is 0. The van der Waals surface area contributed by atoms with Crippen molar-refractivity contribution in [2.24, 2.45) is 4.99 Å². The molecule has 1 saturated heterocycles. The maximum atomic E-state index is 5.20. The number of aliphatic imine (C=N–C) groups is 1. The van der Waals surface area contributed by atoms with Crippen LogP contribution in [0.5, 0.6) is 0 Å². The summed E-state index contributed by atoms with van der Waals surface area (Å²) < 4.78 is 0. The quantitative estimate of drug-likeness (QED) is 0.446. The van der Waals surface area contributed by atoms with Gasteiger partial charge in [-0.25, -0.2) is 0 Å². The molecule has 0 aromatic rings.